The number of benzene rings is 3. The molecule has 2 fully saturated rings. The summed E-state index contributed by atoms with van der Waals surface area (Å²) in [6, 6.07) is 24.0. The van der Waals surface area contributed by atoms with Gasteiger partial charge in [-0.15, -0.1) is 0 Å². The molecule has 0 aliphatic carbocycles. The summed E-state index contributed by atoms with van der Waals surface area (Å²) in [6.45, 7) is 0.229. The van der Waals surface area contributed by atoms with Gasteiger partial charge in [-0.25, -0.2) is 17.6 Å². The Labute approximate surface area is 215 Å². The lowest BCUT2D eigenvalue weighted by Crippen LogP contribution is -2.63. The number of nitrogens with zero attached hydrogens (tertiary/aromatic N) is 2. The van der Waals surface area contributed by atoms with E-state index in [0.717, 1.165) is 9.87 Å². The van der Waals surface area contributed by atoms with E-state index in [0.29, 0.717) is 11.4 Å². The first-order chi connectivity index (χ1) is 17.9. The Balaban J connectivity index is 1.27. The number of para-hydroxylation sites is 2. The van der Waals surface area contributed by atoms with Crippen LogP contribution in [0.2, 0.25) is 0 Å². The molecule has 0 radical (unpaired) electrons. The van der Waals surface area contributed by atoms with Crippen molar-refractivity contribution in [3.05, 3.63) is 90.5 Å². The lowest BCUT2D eigenvalue weighted by atomic mass is 9.99. The quantitative estimate of drug-likeness (QED) is 0.520. The maximum atomic E-state index is 15.7. The first kappa shape index (κ1) is 25.2. The monoisotopic (exact) mass is 525 g/mol. The van der Waals surface area contributed by atoms with Crippen LogP contribution < -0.4 is 10.1 Å². The van der Waals surface area contributed by atoms with Crippen LogP contribution >= 0.6 is 0 Å². The average Bonchev–Trinajstić information content (AvgIpc) is 3.36. The molecule has 3 aromatic carbocycles. The smallest absolute Gasteiger partial charge is 0.321 e. The van der Waals surface area contributed by atoms with Gasteiger partial charge in [-0.05, 0) is 30.3 Å². The summed E-state index contributed by atoms with van der Waals surface area (Å²) >= 11 is 0. The second-order valence-corrected chi connectivity index (χ2v) is 10.8. The molecular formula is C27H28FN3O5S. The molecule has 37 heavy (non-hydrogen) atoms. The molecule has 0 bridgehead atoms. The molecule has 2 aliphatic rings. The van der Waals surface area contributed by atoms with Crippen LogP contribution in [0, 0.1) is 0 Å². The van der Waals surface area contributed by atoms with Crippen LogP contribution in [-0.4, -0.2) is 61.8 Å². The number of anilines is 1. The molecule has 5 rings (SSSR count). The highest BCUT2D eigenvalue weighted by atomic mass is 32.2. The number of carbonyl (C=O) groups is 1. The SMILES string of the molecule is O=C(Nc1ccccc1COc1ccccc1)N1CCC2(OCCN2S(=O)(=O)c2ccccc2)C(F)C1. The number of alkyl halides is 1. The molecule has 8 nitrogen and oxygen atoms in total. The van der Waals surface area contributed by atoms with E-state index in [1.165, 1.54) is 17.0 Å². The Morgan fingerprint density at radius 2 is 1.68 bits per heavy atom. The third-order valence-electron chi connectivity index (χ3n) is 6.69. The van der Waals surface area contributed by atoms with Crippen molar-refractivity contribution in [2.75, 3.05) is 31.6 Å². The molecule has 3 aromatic rings. The molecule has 2 heterocycles. The number of likely N-dealkylation sites (tertiary alicyclic amines) is 1. The first-order valence-corrected chi connectivity index (χ1v) is 13.5. The Kier molecular flexibility index (Phi) is 7.14. The second kappa shape index (κ2) is 10.5. The van der Waals surface area contributed by atoms with Gasteiger partial charge in [-0.1, -0.05) is 54.6 Å². The van der Waals surface area contributed by atoms with E-state index in [2.05, 4.69) is 5.32 Å². The van der Waals surface area contributed by atoms with Crippen LogP contribution in [0.1, 0.15) is 12.0 Å². The molecule has 1 N–H and O–H groups in total. The molecule has 2 aliphatic heterocycles. The summed E-state index contributed by atoms with van der Waals surface area (Å²) in [7, 11) is -3.97. The number of nitrogens with one attached hydrogen (secondary N) is 1. The van der Waals surface area contributed by atoms with Crippen LogP contribution in [0.4, 0.5) is 14.9 Å². The van der Waals surface area contributed by atoms with Crippen molar-refractivity contribution >= 4 is 21.7 Å². The van der Waals surface area contributed by atoms with E-state index in [4.69, 9.17) is 9.47 Å². The maximum Gasteiger partial charge on any atom is 0.321 e. The summed E-state index contributed by atoms with van der Waals surface area (Å²) in [5, 5.41) is 2.85. The fourth-order valence-corrected chi connectivity index (χ4v) is 6.49. The number of sulfonamides is 1. The molecular weight excluding hydrogens is 497 g/mol. The van der Waals surface area contributed by atoms with E-state index < -0.39 is 28.0 Å². The van der Waals surface area contributed by atoms with E-state index in [-0.39, 0.29) is 44.2 Å². The zero-order valence-electron chi connectivity index (χ0n) is 20.1. The van der Waals surface area contributed by atoms with Gasteiger partial charge < -0.3 is 19.7 Å². The molecule has 194 valence electrons. The van der Waals surface area contributed by atoms with Gasteiger partial charge >= 0.3 is 6.03 Å². The number of urea groups is 1. The van der Waals surface area contributed by atoms with Crippen LogP contribution in [0.25, 0.3) is 0 Å². The molecule has 0 saturated carbocycles. The fourth-order valence-electron chi connectivity index (χ4n) is 4.76. The maximum absolute atomic E-state index is 15.7. The van der Waals surface area contributed by atoms with Gasteiger partial charge in [0.1, 0.15) is 12.4 Å². The highest BCUT2D eigenvalue weighted by Crippen LogP contribution is 2.40. The van der Waals surface area contributed by atoms with Crippen molar-refractivity contribution < 1.29 is 27.1 Å². The highest BCUT2D eigenvalue weighted by Gasteiger charge is 2.57. The van der Waals surface area contributed by atoms with Gasteiger partial charge in [0.2, 0.25) is 10.0 Å². The van der Waals surface area contributed by atoms with E-state index in [9.17, 15) is 13.2 Å². The van der Waals surface area contributed by atoms with Gasteiger partial charge in [-0.2, -0.15) is 4.31 Å². The Morgan fingerprint density at radius 1 is 1.00 bits per heavy atom. The summed E-state index contributed by atoms with van der Waals surface area (Å²) in [5.41, 5.74) is -0.305. The predicted molar refractivity (Wildman–Crippen MR) is 136 cm³/mol. The van der Waals surface area contributed by atoms with Crippen molar-refractivity contribution in [3.63, 3.8) is 0 Å². The highest BCUT2D eigenvalue weighted by molar-refractivity contribution is 7.89. The molecule has 10 heteroatoms. The molecule has 2 atom stereocenters. The summed E-state index contributed by atoms with van der Waals surface area (Å²) in [6.07, 6.45) is -1.70. The molecule has 2 unspecified atom stereocenters. The number of carbonyl (C=O) groups excluding carboxylic acids is 1. The number of hydrogen-bond donors (Lipinski definition) is 1. The van der Waals surface area contributed by atoms with Crippen molar-refractivity contribution in [1.29, 1.82) is 0 Å². The molecule has 0 aromatic heterocycles. The summed E-state index contributed by atoms with van der Waals surface area (Å²) in [4.78, 5) is 14.5. The predicted octanol–water partition coefficient (Wildman–Crippen LogP) is 4.26. The number of hydrogen-bond acceptors (Lipinski definition) is 5. The Bertz CT molecular complexity index is 1340. The second-order valence-electron chi connectivity index (χ2n) is 8.94. The normalized spacial score (nSPS) is 22.2. The van der Waals surface area contributed by atoms with Crippen molar-refractivity contribution in [2.45, 2.75) is 29.8 Å². The van der Waals surface area contributed by atoms with E-state index in [1.54, 1.807) is 30.3 Å². The number of piperidine rings is 1. The van der Waals surface area contributed by atoms with E-state index >= 15 is 4.39 Å². The number of ether oxygens (including phenoxy) is 2. The lowest BCUT2D eigenvalue weighted by Gasteiger charge is -2.44. The van der Waals surface area contributed by atoms with E-state index in [1.807, 2.05) is 42.5 Å². The third-order valence-corrected chi connectivity index (χ3v) is 8.63. The number of halogens is 1. The number of amides is 2. The van der Waals surface area contributed by atoms with Crippen LogP contribution in [0.15, 0.2) is 89.8 Å². The lowest BCUT2D eigenvalue weighted by molar-refractivity contribution is -0.134. The minimum Gasteiger partial charge on any atom is -0.489 e. The van der Waals surface area contributed by atoms with Crippen LogP contribution in [0.3, 0.4) is 0 Å². The largest absolute Gasteiger partial charge is 0.489 e. The summed E-state index contributed by atoms with van der Waals surface area (Å²) in [5.74, 6) is 0.705. The first-order valence-electron chi connectivity index (χ1n) is 12.1. The summed E-state index contributed by atoms with van der Waals surface area (Å²) < 4.78 is 55.0. The zero-order valence-corrected chi connectivity index (χ0v) is 20.9. The minimum absolute atomic E-state index is 0.0203. The fraction of sp³-hybridized carbons (Fsp3) is 0.296. The molecule has 1 spiro atoms. The van der Waals surface area contributed by atoms with Crippen LogP contribution in [0.5, 0.6) is 5.75 Å². The van der Waals surface area contributed by atoms with Crippen molar-refractivity contribution in [2.24, 2.45) is 0 Å². The van der Waals surface area contributed by atoms with Crippen molar-refractivity contribution in [1.82, 2.24) is 9.21 Å². The molecule has 2 saturated heterocycles. The number of rotatable bonds is 6. The standard InChI is InChI=1S/C27H28FN3O5S/c28-25-19-30(16-15-27(25)31(17-18-36-27)37(33,34)23-12-5-2-6-13-23)26(32)29-24-14-8-7-9-21(24)20-35-22-10-3-1-4-11-22/h1-14,25H,15-20H2,(H,29,32). The Morgan fingerprint density at radius 3 is 2.41 bits per heavy atom. The third kappa shape index (κ3) is 5.04. The zero-order chi connectivity index (χ0) is 25.9. The van der Waals surface area contributed by atoms with Gasteiger partial charge in [0.05, 0.1) is 18.0 Å². The average molecular weight is 526 g/mol. The molecule has 2 amide bonds. The van der Waals surface area contributed by atoms with Crippen LogP contribution in [-0.2, 0) is 21.4 Å². The van der Waals surface area contributed by atoms with Gasteiger partial charge in [-0.3, -0.25) is 0 Å². The topological polar surface area (TPSA) is 88.2 Å². The Hall–Kier alpha value is -3.47. The van der Waals surface area contributed by atoms with Crippen molar-refractivity contribution in [3.8, 4) is 5.75 Å². The minimum atomic E-state index is -3.97. The van der Waals surface area contributed by atoms with Gasteiger partial charge in [0.25, 0.3) is 0 Å². The van der Waals surface area contributed by atoms with Gasteiger partial charge in [0.15, 0.2) is 11.9 Å². The van der Waals surface area contributed by atoms with Gasteiger partial charge in [0, 0.05) is 30.8 Å².